The summed E-state index contributed by atoms with van der Waals surface area (Å²) in [6.07, 6.45) is 0. The van der Waals surface area contributed by atoms with Gasteiger partial charge in [0.2, 0.25) is 0 Å². The van der Waals surface area contributed by atoms with Crippen molar-refractivity contribution in [3.63, 3.8) is 0 Å². The van der Waals surface area contributed by atoms with Crippen LogP contribution >= 0.6 is 11.8 Å². The van der Waals surface area contributed by atoms with Crippen LogP contribution in [0.25, 0.3) is 0 Å². The second kappa shape index (κ2) is 2.72. The number of hydrogen-bond acceptors (Lipinski definition) is 3. The third-order valence-corrected chi connectivity index (χ3v) is 1.71. The molecule has 2 amide bonds. The Labute approximate surface area is 56.9 Å². The number of amides is 2. The topological polar surface area (TPSA) is 67.5 Å². The lowest BCUT2D eigenvalue weighted by Crippen LogP contribution is -2.32. The molecule has 0 bridgehead atoms. The maximum atomic E-state index is 10.2. The van der Waals surface area contributed by atoms with Crippen molar-refractivity contribution >= 4 is 23.0 Å². The SMILES string of the molecule is NC(=O)NC1=NCCS1. The minimum absolute atomic E-state index is 0.539. The van der Waals surface area contributed by atoms with E-state index in [1.165, 1.54) is 11.8 Å². The minimum Gasteiger partial charge on any atom is -0.351 e. The lowest BCUT2D eigenvalue weighted by molar-refractivity contribution is 0.253. The van der Waals surface area contributed by atoms with E-state index in [2.05, 4.69) is 10.3 Å². The average Bonchev–Trinajstić information content (AvgIpc) is 2.15. The van der Waals surface area contributed by atoms with E-state index in [4.69, 9.17) is 5.73 Å². The first-order valence-corrected chi connectivity index (χ1v) is 3.51. The van der Waals surface area contributed by atoms with Gasteiger partial charge in [-0.05, 0) is 0 Å². The van der Waals surface area contributed by atoms with E-state index < -0.39 is 6.03 Å². The van der Waals surface area contributed by atoms with Crippen LogP contribution in [0.3, 0.4) is 0 Å². The monoisotopic (exact) mass is 145 g/mol. The predicted octanol–water partition coefficient (Wildman–Crippen LogP) is -0.242. The summed E-state index contributed by atoms with van der Waals surface area (Å²) in [5.41, 5.74) is 4.83. The van der Waals surface area contributed by atoms with Crippen LogP contribution in [0.1, 0.15) is 0 Å². The summed E-state index contributed by atoms with van der Waals surface area (Å²) in [7, 11) is 0. The van der Waals surface area contributed by atoms with Crippen LogP contribution in [0.15, 0.2) is 4.99 Å². The number of primary amides is 1. The second-order valence-corrected chi connectivity index (χ2v) is 2.61. The number of urea groups is 1. The largest absolute Gasteiger partial charge is 0.351 e. The lowest BCUT2D eigenvalue weighted by atomic mass is 10.8. The average molecular weight is 145 g/mol. The minimum atomic E-state index is -0.539. The van der Waals surface area contributed by atoms with Crippen molar-refractivity contribution in [3.05, 3.63) is 0 Å². The van der Waals surface area contributed by atoms with Gasteiger partial charge in [0.25, 0.3) is 0 Å². The van der Waals surface area contributed by atoms with E-state index in [1.807, 2.05) is 0 Å². The molecule has 9 heavy (non-hydrogen) atoms. The second-order valence-electron chi connectivity index (χ2n) is 1.52. The van der Waals surface area contributed by atoms with Crippen molar-refractivity contribution in [2.45, 2.75) is 0 Å². The molecule has 1 aliphatic heterocycles. The zero-order chi connectivity index (χ0) is 6.69. The van der Waals surface area contributed by atoms with Crippen molar-refractivity contribution in [2.75, 3.05) is 12.3 Å². The first kappa shape index (κ1) is 6.41. The van der Waals surface area contributed by atoms with Gasteiger partial charge in [0.05, 0.1) is 6.54 Å². The molecule has 0 aliphatic carbocycles. The number of carbonyl (C=O) groups is 1. The van der Waals surface area contributed by atoms with Gasteiger partial charge in [-0.15, -0.1) is 0 Å². The van der Waals surface area contributed by atoms with Crippen LogP contribution in [0, 0.1) is 0 Å². The van der Waals surface area contributed by atoms with Gasteiger partial charge < -0.3 is 5.73 Å². The molecule has 50 valence electrons. The number of hydrogen-bond donors (Lipinski definition) is 2. The Morgan fingerprint density at radius 2 is 2.67 bits per heavy atom. The highest BCUT2D eigenvalue weighted by atomic mass is 32.2. The number of thioether (sulfide) groups is 1. The van der Waals surface area contributed by atoms with E-state index >= 15 is 0 Å². The smallest absolute Gasteiger partial charge is 0.318 e. The molecule has 0 unspecified atom stereocenters. The molecule has 1 heterocycles. The highest BCUT2D eigenvalue weighted by molar-refractivity contribution is 8.14. The Hall–Kier alpha value is -0.710. The van der Waals surface area contributed by atoms with Crippen molar-refractivity contribution in [3.8, 4) is 0 Å². The normalized spacial score (nSPS) is 17.1. The molecule has 0 atom stereocenters. The maximum absolute atomic E-state index is 10.2. The van der Waals surface area contributed by atoms with Crippen LogP contribution in [0.4, 0.5) is 4.79 Å². The Morgan fingerprint density at radius 1 is 1.89 bits per heavy atom. The molecule has 4 nitrogen and oxygen atoms in total. The summed E-state index contributed by atoms with van der Waals surface area (Å²) < 4.78 is 0. The molecule has 0 radical (unpaired) electrons. The Balaban J connectivity index is 2.35. The van der Waals surface area contributed by atoms with Gasteiger partial charge in [0.1, 0.15) is 0 Å². The standard InChI is InChI=1S/C4H7N3OS/c5-3(8)7-4-6-1-2-9-4/h1-2H2,(H3,5,6,7,8). The van der Waals surface area contributed by atoms with E-state index in [1.54, 1.807) is 0 Å². The van der Waals surface area contributed by atoms with E-state index in [0.29, 0.717) is 5.17 Å². The van der Waals surface area contributed by atoms with Gasteiger partial charge in [0.15, 0.2) is 5.17 Å². The molecule has 0 fully saturated rings. The molecule has 0 aromatic rings. The van der Waals surface area contributed by atoms with E-state index in [0.717, 1.165) is 12.3 Å². The summed E-state index contributed by atoms with van der Waals surface area (Å²) >= 11 is 1.51. The zero-order valence-electron chi connectivity index (χ0n) is 4.76. The Kier molecular flexibility index (Phi) is 1.94. The van der Waals surface area contributed by atoms with Gasteiger partial charge in [-0.3, -0.25) is 10.3 Å². The van der Waals surface area contributed by atoms with Crippen LogP contribution in [-0.2, 0) is 0 Å². The fourth-order valence-electron chi connectivity index (χ4n) is 0.516. The van der Waals surface area contributed by atoms with Crippen LogP contribution in [0.2, 0.25) is 0 Å². The number of amidine groups is 1. The Bertz CT molecular complexity index is 156. The molecule has 0 spiro atoms. The number of carbonyl (C=O) groups excluding carboxylic acids is 1. The van der Waals surface area contributed by atoms with Crippen molar-refractivity contribution in [2.24, 2.45) is 10.7 Å². The van der Waals surface area contributed by atoms with Crippen molar-refractivity contribution in [1.82, 2.24) is 5.32 Å². The molecule has 0 aromatic carbocycles. The molecule has 0 aromatic heterocycles. The quantitative estimate of drug-likeness (QED) is 0.494. The molecule has 1 aliphatic rings. The zero-order valence-corrected chi connectivity index (χ0v) is 5.57. The molecule has 1 rings (SSSR count). The number of nitrogens with two attached hydrogens (primary N) is 1. The first-order valence-electron chi connectivity index (χ1n) is 2.53. The third-order valence-electron chi connectivity index (χ3n) is 0.816. The van der Waals surface area contributed by atoms with Gasteiger partial charge in [-0.1, -0.05) is 11.8 Å². The van der Waals surface area contributed by atoms with E-state index in [-0.39, 0.29) is 0 Å². The highest BCUT2D eigenvalue weighted by Crippen LogP contribution is 2.07. The summed E-state index contributed by atoms with van der Waals surface area (Å²) in [5, 5.41) is 3.03. The highest BCUT2D eigenvalue weighted by Gasteiger charge is 2.06. The number of nitrogens with zero attached hydrogens (tertiary/aromatic N) is 1. The van der Waals surface area contributed by atoms with Gasteiger partial charge in [0, 0.05) is 5.75 Å². The molecule has 0 saturated carbocycles. The van der Waals surface area contributed by atoms with Crippen molar-refractivity contribution < 1.29 is 4.79 Å². The fraction of sp³-hybridized carbons (Fsp3) is 0.500. The number of rotatable bonds is 0. The fourth-order valence-corrected chi connectivity index (χ4v) is 1.25. The Morgan fingerprint density at radius 3 is 3.11 bits per heavy atom. The van der Waals surface area contributed by atoms with Gasteiger partial charge in [-0.2, -0.15) is 0 Å². The number of nitrogens with one attached hydrogen (secondary N) is 1. The molecular formula is C4H7N3OS. The van der Waals surface area contributed by atoms with Crippen LogP contribution < -0.4 is 11.1 Å². The summed E-state index contributed by atoms with van der Waals surface area (Å²) in [6.45, 7) is 0.778. The lowest BCUT2D eigenvalue weighted by Gasteiger charge is -1.95. The molecule has 0 saturated heterocycles. The number of aliphatic imine (C=N–C) groups is 1. The maximum Gasteiger partial charge on any atom is 0.318 e. The summed E-state index contributed by atoms with van der Waals surface area (Å²) in [6, 6.07) is -0.539. The first-order chi connectivity index (χ1) is 4.29. The van der Waals surface area contributed by atoms with Crippen LogP contribution in [-0.4, -0.2) is 23.5 Å². The van der Waals surface area contributed by atoms with Crippen LogP contribution in [0.5, 0.6) is 0 Å². The van der Waals surface area contributed by atoms with Gasteiger partial charge >= 0.3 is 6.03 Å². The van der Waals surface area contributed by atoms with Gasteiger partial charge in [-0.25, -0.2) is 4.79 Å². The molecule has 3 N–H and O–H groups in total. The third kappa shape index (κ3) is 1.93. The van der Waals surface area contributed by atoms with E-state index in [9.17, 15) is 4.79 Å². The summed E-state index contributed by atoms with van der Waals surface area (Å²) in [4.78, 5) is 14.1. The predicted molar refractivity (Wildman–Crippen MR) is 37.5 cm³/mol. The molecule has 5 heteroatoms. The summed E-state index contributed by atoms with van der Waals surface area (Å²) in [5.74, 6) is 0.940. The molecular weight excluding hydrogens is 138 g/mol. The van der Waals surface area contributed by atoms with Crippen molar-refractivity contribution in [1.29, 1.82) is 0 Å².